The van der Waals surface area contributed by atoms with Crippen LogP contribution < -0.4 is 14.2 Å². The summed E-state index contributed by atoms with van der Waals surface area (Å²) in [6, 6.07) is 64.1. The SMILES string of the molecule is Oc1ccc([C@H]2c3c(O)cc(O)cc3[C@H]3c4c(c([C@H](c5ccc(O)cc5)[C@@H]5c6cc(O)cc(O)c6[C@H](c6ccc(O)cc6)[C@H]5c5cc(O)cc6c5[C@@H](c5cc(O)cc(O)c5)[C@H](c5ccc(O)cc5)O6)c(O)c5c4[C@H]2[C@@H](c2ccc(O)cc2)[C@@H]5c2cc(O)cc4c2[C@@H](c2cc(O)cc(O)c2)[C@H](c2ccc(O)cc2)O4)O[C@@H]3c2ccc(O)cc2)cc1. The molecule has 0 fully saturated rings. The minimum atomic E-state index is -1.45. The Labute approximate surface area is 678 Å². The van der Waals surface area contributed by atoms with Crippen molar-refractivity contribution in [3.8, 4) is 121 Å². The van der Waals surface area contributed by atoms with Gasteiger partial charge in [-0.2, -0.15) is 0 Å². The van der Waals surface area contributed by atoms with Gasteiger partial charge < -0.3 is 106 Å². The molecule has 0 spiro atoms. The van der Waals surface area contributed by atoms with Crippen molar-refractivity contribution in [2.75, 3.05) is 0 Å². The largest absolute Gasteiger partial charge is 0.508 e. The van der Waals surface area contributed by atoms with Gasteiger partial charge in [0.05, 0.1) is 17.8 Å². The first-order valence-corrected chi connectivity index (χ1v) is 38.7. The van der Waals surface area contributed by atoms with Gasteiger partial charge in [-0.05, 0) is 211 Å². The molecule has 0 unspecified atom stereocenters. The fourth-order valence-corrected chi connectivity index (χ4v) is 21.0. The monoisotopic (exact) mass is 1590 g/mol. The number of fused-ring (bicyclic) bond motifs is 5. The molecule has 592 valence electrons. The van der Waals surface area contributed by atoms with E-state index in [1.54, 1.807) is 103 Å². The summed E-state index contributed by atoms with van der Waals surface area (Å²) in [5.74, 6) is -17.4. The van der Waals surface area contributed by atoms with Gasteiger partial charge in [0.2, 0.25) is 0 Å². The summed E-state index contributed by atoms with van der Waals surface area (Å²) in [5, 5.41) is 218. The topological polar surface area (TPSA) is 392 Å². The van der Waals surface area contributed by atoms with Crippen molar-refractivity contribution < 1.29 is 106 Å². The normalized spacial score (nSPS) is 22.1. The zero-order chi connectivity index (χ0) is 82.2. The average Bonchev–Trinajstić information content (AvgIpc) is 1.50. The Morgan fingerprint density at radius 3 is 0.983 bits per heavy atom. The smallest absolute Gasteiger partial charge is 0.135 e. The molecule has 20 rings (SSSR count). The molecule has 21 nitrogen and oxygen atoms in total. The molecule has 0 radical (unpaired) electrons. The van der Waals surface area contributed by atoms with Gasteiger partial charge >= 0.3 is 0 Å². The van der Waals surface area contributed by atoms with Crippen molar-refractivity contribution in [2.45, 2.75) is 83.4 Å². The summed E-state index contributed by atoms with van der Waals surface area (Å²) in [6.07, 6.45) is -3.36. The molecule has 0 bridgehead atoms. The Bertz CT molecular complexity index is 6410. The predicted octanol–water partition coefficient (Wildman–Crippen LogP) is 18.2. The Kier molecular flexibility index (Phi) is 16.7. The molecule has 21 heteroatoms. The molecule has 0 aromatic heterocycles. The lowest BCUT2D eigenvalue weighted by Crippen LogP contribution is -2.22. The molecular formula is C98H74O21. The highest BCUT2D eigenvalue weighted by Gasteiger charge is 2.61. The first-order valence-electron chi connectivity index (χ1n) is 38.7. The van der Waals surface area contributed by atoms with Crippen molar-refractivity contribution >= 4 is 0 Å². The predicted molar refractivity (Wildman–Crippen MR) is 434 cm³/mol. The van der Waals surface area contributed by atoms with E-state index in [0.717, 1.165) is 0 Å². The van der Waals surface area contributed by atoms with Crippen LogP contribution in [0.25, 0.3) is 0 Å². The molecule has 119 heavy (non-hydrogen) atoms. The van der Waals surface area contributed by atoms with E-state index in [2.05, 4.69) is 0 Å². The molecule has 3 heterocycles. The summed E-state index contributed by atoms with van der Waals surface area (Å²) in [6.45, 7) is 0. The van der Waals surface area contributed by atoms with E-state index in [0.29, 0.717) is 89.0 Å². The Morgan fingerprint density at radius 2 is 0.546 bits per heavy atom. The minimum absolute atomic E-state index is 0.0175. The van der Waals surface area contributed by atoms with Crippen LogP contribution in [-0.2, 0) is 0 Å². The molecule has 0 saturated carbocycles. The van der Waals surface area contributed by atoms with E-state index >= 15 is 5.11 Å². The summed E-state index contributed by atoms with van der Waals surface area (Å²) < 4.78 is 22.2. The summed E-state index contributed by atoms with van der Waals surface area (Å²) in [5.41, 5.74) is 7.42. The van der Waals surface area contributed by atoms with E-state index in [-0.39, 0.29) is 131 Å². The van der Waals surface area contributed by atoms with E-state index < -0.39 is 101 Å². The standard InChI is InChI=1S/C98H74O21/c99-52-15-1-43(2-16-52)75-81-67(35-63(110)39-71(81)114)85(86(75)69-37-65(112)41-73-83(69)79(50-29-59(106)33-60(107)30-50)95(117-73)47-9-23-56(103)24-10-47)78(46-7-21-55(102)22-8-46)93-94(116)91-87(70-38-66(113)42-74-84(70)80(51-31-61(108)34-62(109)32-51)96(118-74)48-11-25-57(104)26-12-48)77(45-5-19-54(101)20-6-45)89-76(44-3-17-53(100)18-4-44)82-68(36-64(111)40-72(82)115)88-92(90(89)91)98(93)119-97(88)49-13-27-58(105)28-14-49/h1-42,75-80,85-89,95-97,99-116H/t75-,76-,77-,78+,79+,80+,85-,86+,87-,88-,89+,95-,96-,97+/m0/s1. The molecular weight excluding hydrogens is 1510 g/mol. The third kappa shape index (κ3) is 11.7. The summed E-state index contributed by atoms with van der Waals surface area (Å²) in [4.78, 5) is 0. The lowest BCUT2D eigenvalue weighted by Gasteiger charge is -2.36. The maximum absolute atomic E-state index is 15.8. The fourth-order valence-electron chi connectivity index (χ4n) is 21.0. The second kappa shape index (κ2) is 27.3. The van der Waals surface area contributed by atoms with Gasteiger partial charge in [-0.25, -0.2) is 0 Å². The van der Waals surface area contributed by atoms with E-state index in [1.165, 1.54) is 152 Å². The Morgan fingerprint density at radius 1 is 0.210 bits per heavy atom. The Hall–Kier alpha value is -15.1. The van der Waals surface area contributed by atoms with Gasteiger partial charge in [0.15, 0.2) is 0 Å². The third-order valence-electron chi connectivity index (χ3n) is 25.3. The second-order valence-electron chi connectivity index (χ2n) is 31.9. The number of hydrogen-bond donors (Lipinski definition) is 18. The van der Waals surface area contributed by atoms with Crippen LogP contribution in [0.4, 0.5) is 0 Å². The van der Waals surface area contributed by atoms with Gasteiger partial charge in [-0.15, -0.1) is 0 Å². The van der Waals surface area contributed by atoms with Crippen molar-refractivity contribution in [3.63, 3.8) is 0 Å². The number of benzene rings is 14. The third-order valence-corrected chi connectivity index (χ3v) is 25.3. The molecule has 3 aliphatic carbocycles. The highest BCUT2D eigenvalue weighted by Crippen LogP contribution is 2.76. The fraction of sp³-hybridized carbons (Fsp3) is 0.143. The molecule has 14 atom stereocenters. The van der Waals surface area contributed by atoms with Crippen molar-refractivity contribution in [1.82, 2.24) is 0 Å². The molecule has 3 aliphatic heterocycles. The van der Waals surface area contributed by atoms with Gasteiger partial charge in [-0.1, -0.05) is 84.9 Å². The maximum Gasteiger partial charge on any atom is 0.135 e. The zero-order valence-corrected chi connectivity index (χ0v) is 62.6. The van der Waals surface area contributed by atoms with Crippen LogP contribution in [0.1, 0.15) is 200 Å². The molecule has 14 aromatic rings. The molecule has 0 saturated heterocycles. The quantitative estimate of drug-likeness (QED) is 0.0510. The number of phenolic OH excluding ortho intramolecular Hbond substituents is 18. The first kappa shape index (κ1) is 72.8. The highest BCUT2D eigenvalue weighted by molar-refractivity contribution is 5.79. The van der Waals surface area contributed by atoms with Gasteiger partial charge in [0.25, 0.3) is 0 Å². The van der Waals surface area contributed by atoms with Crippen molar-refractivity contribution in [3.05, 3.63) is 372 Å². The number of aromatic hydroxyl groups is 18. The number of ether oxygens (including phenoxy) is 3. The highest BCUT2D eigenvalue weighted by atomic mass is 16.5. The van der Waals surface area contributed by atoms with Gasteiger partial charge in [-0.3, -0.25) is 0 Å². The summed E-state index contributed by atoms with van der Waals surface area (Å²) in [7, 11) is 0. The average molecular weight is 1590 g/mol. The van der Waals surface area contributed by atoms with Gasteiger partial charge in [0.1, 0.15) is 139 Å². The van der Waals surface area contributed by atoms with Crippen LogP contribution in [0.15, 0.2) is 255 Å². The van der Waals surface area contributed by atoms with Crippen LogP contribution in [-0.4, -0.2) is 91.9 Å². The van der Waals surface area contributed by atoms with Crippen molar-refractivity contribution in [2.24, 2.45) is 0 Å². The van der Waals surface area contributed by atoms with Crippen LogP contribution in [0.2, 0.25) is 0 Å². The number of phenols is 18. The van der Waals surface area contributed by atoms with Crippen LogP contribution >= 0.6 is 0 Å². The molecule has 18 N–H and O–H groups in total. The first-order chi connectivity index (χ1) is 57.4. The number of hydrogen-bond acceptors (Lipinski definition) is 21. The zero-order valence-electron chi connectivity index (χ0n) is 62.6. The molecule has 0 amide bonds. The van der Waals surface area contributed by atoms with Crippen LogP contribution in [0.3, 0.4) is 0 Å². The Balaban J connectivity index is 0.968. The van der Waals surface area contributed by atoms with E-state index in [4.69, 9.17) is 14.2 Å². The lowest BCUT2D eigenvalue weighted by atomic mass is 9.66. The summed E-state index contributed by atoms with van der Waals surface area (Å²) >= 11 is 0. The van der Waals surface area contributed by atoms with E-state index in [9.17, 15) is 86.8 Å². The second-order valence-corrected chi connectivity index (χ2v) is 31.9. The van der Waals surface area contributed by atoms with Crippen molar-refractivity contribution in [1.29, 1.82) is 0 Å². The number of rotatable bonds is 13. The maximum atomic E-state index is 15.8. The molecule has 6 aliphatic rings. The molecule has 14 aromatic carbocycles. The van der Waals surface area contributed by atoms with Gasteiger partial charge in [0, 0.05) is 123 Å². The van der Waals surface area contributed by atoms with Crippen LogP contribution in [0, 0.1) is 0 Å². The lowest BCUT2D eigenvalue weighted by molar-refractivity contribution is 0.218. The van der Waals surface area contributed by atoms with Crippen LogP contribution in [0.5, 0.6) is 121 Å². The van der Waals surface area contributed by atoms with E-state index in [1.807, 2.05) is 0 Å². The minimum Gasteiger partial charge on any atom is -0.508 e.